The predicted molar refractivity (Wildman–Crippen MR) is 70.3 cm³/mol. The standard InChI is InChI=1S/C12H17ClO2S/c1-16-6-5-12(8-14,9-15)10-3-2-4-11(13)7-10/h2-4,7,14-15H,5-6,8-9H2,1H3. The summed E-state index contributed by atoms with van der Waals surface area (Å²) >= 11 is 7.63. The minimum atomic E-state index is -0.575. The molecule has 0 aliphatic rings. The molecule has 0 aliphatic carbocycles. The maximum atomic E-state index is 9.54. The third kappa shape index (κ3) is 3.14. The molecule has 0 heterocycles. The van der Waals surface area contributed by atoms with Gasteiger partial charge in [0.1, 0.15) is 0 Å². The van der Waals surface area contributed by atoms with E-state index in [1.54, 1.807) is 17.8 Å². The summed E-state index contributed by atoms with van der Waals surface area (Å²) in [6.07, 6.45) is 2.75. The zero-order chi connectivity index (χ0) is 12.0. The molecule has 2 nitrogen and oxygen atoms in total. The topological polar surface area (TPSA) is 40.5 Å². The molecule has 1 rings (SSSR count). The zero-order valence-corrected chi connectivity index (χ0v) is 10.9. The van der Waals surface area contributed by atoms with Crippen LogP contribution in [-0.2, 0) is 5.41 Å². The Morgan fingerprint density at radius 2 is 2.00 bits per heavy atom. The van der Waals surface area contributed by atoms with E-state index in [1.807, 2.05) is 24.5 Å². The summed E-state index contributed by atoms with van der Waals surface area (Å²) in [6.45, 7) is -0.130. The number of halogens is 1. The maximum Gasteiger partial charge on any atom is 0.0550 e. The lowest BCUT2D eigenvalue weighted by atomic mass is 9.79. The first-order chi connectivity index (χ1) is 7.68. The largest absolute Gasteiger partial charge is 0.395 e. The average molecular weight is 261 g/mol. The van der Waals surface area contributed by atoms with Crippen molar-refractivity contribution in [2.75, 3.05) is 25.2 Å². The van der Waals surface area contributed by atoms with Crippen molar-refractivity contribution < 1.29 is 10.2 Å². The van der Waals surface area contributed by atoms with Gasteiger partial charge in [0.15, 0.2) is 0 Å². The van der Waals surface area contributed by atoms with Gasteiger partial charge in [-0.1, -0.05) is 23.7 Å². The van der Waals surface area contributed by atoms with E-state index < -0.39 is 5.41 Å². The van der Waals surface area contributed by atoms with Gasteiger partial charge in [0.2, 0.25) is 0 Å². The third-order valence-electron chi connectivity index (χ3n) is 2.83. The van der Waals surface area contributed by atoms with Crippen molar-refractivity contribution in [2.24, 2.45) is 0 Å². The van der Waals surface area contributed by atoms with Crippen LogP contribution in [0.2, 0.25) is 5.02 Å². The van der Waals surface area contributed by atoms with Gasteiger partial charge in [-0.15, -0.1) is 0 Å². The monoisotopic (exact) mass is 260 g/mol. The minimum absolute atomic E-state index is 0.0651. The Morgan fingerprint density at radius 3 is 2.50 bits per heavy atom. The van der Waals surface area contributed by atoms with Crippen molar-refractivity contribution in [2.45, 2.75) is 11.8 Å². The van der Waals surface area contributed by atoms with E-state index in [0.29, 0.717) is 5.02 Å². The Bertz CT molecular complexity index is 327. The van der Waals surface area contributed by atoms with Gasteiger partial charge in [-0.25, -0.2) is 0 Å². The molecule has 0 fully saturated rings. The predicted octanol–water partition coefficient (Wildman–Crippen LogP) is 2.32. The molecule has 0 amide bonds. The molecule has 0 bridgehead atoms. The number of hydrogen-bond acceptors (Lipinski definition) is 3. The van der Waals surface area contributed by atoms with Crippen molar-refractivity contribution in [3.63, 3.8) is 0 Å². The normalized spacial score (nSPS) is 11.8. The van der Waals surface area contributed by atoms with E-state index in [0.717, 1.165) is 17.7 Å². The Hall–Kier alpha value is -0.220. The van der Waals surface area contributed by atoms with Crippen LogP contribution in [0.5, 0.6) is 0 Å². The summed E-state index contributed by atoms with van der Waals surface area (Å²) in [4.78, 5) is 0. The van der Waals surface area contributed by atoms with E-state index in [4.69, 9.17) is 11.6 Å². The average Bonchev–Trinajstić information content (AvgIpc) is 2.31. The number of thioether (sulfide) groups is 1. The molecule has 1 aromatic carbocycles. The van der Waals surface area contributed by atoms with Crippen molar-refractivity contribution in [3.8, 4) is 0 Å². The van der Waals surface area contributed by atoms with Crippen LogP contribution in [0.15, 0.2) is 24.3 Å². The number of aliphatic hydroxyl groups is 2. The molecule has 0 aliphatic heterocycles. The summed E-state index contributed by atoms with van der Waals surface area (Å²) in [7, 11) is 0. The number of rotatable bonds is 6. The third-order valence-corrected chi connectivity index (χ3v) is 3.67. The molecule has 90 valence electrons. The van der Waals surface area contributed by atoms with Crippen LogP contribution in [0.25, 0.3) is 0 Å². The van der Waals surface area contributed by atoms with E-state index >= 15 is 0 Å². The van der Waals surface area contributed by atoms with Gasteiger partial charge in [-0.05, 0) is 36.1 Å². The van der Waals surface area contributed by atoms with Crippen LogP contribution in [0, 0.1) is 0 Å². The first kappa shape index (κ1) is 13.8. The number of hydrogen-bond donors (Lipinski definition) is 2. The molecule has 0 saturated carbocycles. The van der Waals surface area contributed by atoms with E-state index in [2.05, 4.69) is 0 Å². The molecular formula is C12H17ClO2S. The van der Waals surface area contributed by atoms with Crippen LogP contribution in [0.1, 0.15) is 12.0 Å². The van der Waals surface area contributed by atoms with Crippen molar-refractivity contribution >= 4 is 23.4 Å². The van der Waals surface area contributed by atoms with Gasteiger partial charge < -0.3 is 10.2 Å². The van der Waals surface area contributed by atoms with Crippen LogP contribution in [-0.4, -0.2) is 35.4 Å². The molecule has 1 aromatic rings. The van der Waals surface area contributed by atoms with Gasteiger partial charge in [-0.2, -0.15) is 11.8 Å². The fraction of sp³-hybridized carbons (Fsp3) is 0.500. The van der Waals surface area contributed by atoms with Gasteiger partial charge in [0.25, 0.3) is 0 Å². The second kappa shape index (κ2) is 6.50. The first-order valence-corrected chi connectivity index (χ1v) is 6.92. The van der Waals surface area contributed by atoms with Crippen molar-refractivity contribution in [1.29, 1.82) is 0 Å². The maximum absolute atomic E-state index is 9.54. The lowest BCUT2D eigenvalue weighted by molar-refractivity contribution is 0.114. The summed E-state index contributed by atoms with van der Waals surface area (Å²) in [6, 6.07) is 7.35. The molecule has 0 atom stereocenters. The molecule has 0 saturated heterocycles. The SMILES string of the molecule is CSCCC(CO)(CO)c1cccc(Cl)c1. The van der Waals surface area contributed by atoms with Gasteiger partial charge in [0, 0.05) is 10.4 Å². The quantitative estimate of drug-likeness (QED) is 0.825. The first-order valence-electron chi connectivity index (χ1n) is 5.15. The summed E-state index contributed by atoms with van der Waals surface area (Å²) in [5, 5.41) is 19.7. The lowest BCUT2D eigenvalue weighted by Crippen LogP contribution is -2.35. The van der Waals surface area contributed by atoms with Gasteiger partial charge in [0.05, 0.1) is 13.2 Å². The summed E-state index contributed by atoms with van der Waals surface area (Å²) in [5.41, 5.74) is 0.326. The minimum Gasteiger partial charge on any atom is -0.395 e. The number of benzene rings is 1. The molecular weight excluding hydrogens is 244 g/mol. The van der Waals surface area contributed by atoms with Crippen molar-refractivity contribution in [3.05, 3.63) is 34.9 Å². The molecule has 2 N–H and O–H groups in total. The Labute approximate surface area is 106 Å². The highest BCUT2D eigenvalue weighted by Gasteiger charge is 2.30. The van der Waals surface area contributed by atoms with Crippen LogP contribution >= 0.6 is 23.4 Å². The second-order valence-corrected chi connectivity index (χ2v) is 5.27. The van der Waals surface area contributed by atoms with E-state index in [-0.39, 0.29) is 13.2 Å². The van der Waals surface area contributed by atoms with E-state index in [1.165, 1.54) is 0 Å². The summed E-state index contributed by atoms with van der Waals surface area (Å²) < 4.78 is 0. The highest BCUT2D eigenvalue weighted by atomic mass is 35.5. The summed E-state index contributed by atoms with van der Waals surface area (Å²) in [5.74, 6) is 0.896. The molecule has 4 heteroatoms. The lowest BCUT2D eigenvalue weighted by Gasteiger charge is -2.30. The molecule has 0 spiro atoms. The molecule has 0 radical (unpaired) electrons. The smallest absolute Gasteiger partial charge is 0.0550 e. The van der Waals surface area contributed by atoms with Crippen molar-refractivity contribution in [1.82, 2.24) is 0 Å². The van der Waals surface area contributed by atoms with Crippen LogP contribution in [0.3, 0.4) is 0 Å². The van der Waals surface area contributed by atoms with Gasteiger partial charge >= 0.3 is 0 Å². The highest BCUT2D eigenvalue weighted by molar-refractivity contribution is 7.98. The Balaban J connectivity index is 2.99. The van der Waals surface area contributed by atoms with Gasteiger partial charge in [-0.3, -0.25) is 0 Å². The highest BCUT2D eigenvalue weighted by Crippen LogP contribution is 2.30. The second-order valence-electron chi connectivity index (χ2n) is 3.85. The Morgan fingerprint density at radius 1 is 1.31 bits per heavy atom. The Kier molecular flexibility index (Phi) is 5.62. The fourth-order valence-corrected chi connectivity index (χ4v) is 2.44. The van der Waals surface area contributed by atoms with E-state index in [9.17, 15) is 10.2 Å². The van der Waals surface area contributed by atoms with Crippen LogP contribution in [0.4, 0.5) is 0 Å². The molecule has 16 heavy (non-hydrogen) atoms. The molecule has 0 aromatic heterocycles. The number of aliphatic hydroxyl groups excluding tert-OH is 2. The fourth-order valence-electron chi connectivity index (χ4n) is 1.65. The zero-order valence-electron chi connectivity index (χ0n) is 9.32. The molecule has 0 unspecified atom stereocenters. The van der Waals surface area contributed by atoms with Crippen LogP contribution < -0.4 is 0 Å².